The predicted octanol–water partition coefficient (Wildman–Crippen LogP) is 2.42. The Bertz CT molecular complexity index is 248. The predicted molar refractivity (Wildman–Crippen MR) is 72.0 cm³/mol. The fourth-order valence-corrected chi connectivity index (χ4v) is 2.85. The number of unbranched alkanes of at least 4 members (excludes halogenated alkanes) is 1. The molecule has 0 spiro atoms. The van der Waals surface area contributed by atoms with E-state index in [0.29, 0.717) is 17.8 Å². The molecular formula is C9H15IN2O2S. The summed E-state index contributed by atoms with van der Waals surface area (Å²) < 4.78 is 5.95. The van der Waals surface area contributed by atoms with Gasteiger partial charge in [-0.2, -0.15) is 0 Å². The first-order chi connectivity index (χ1) is 7.26. The number of amidine groups is 1. The fraction of sp³-hybridized carbons (Fsp3) is 0.778. The Balaban J connectivity index is 2.20. The topological polar surface area (TPSA) is 50.7 Å². The Kier molecular flexibility index (Phi) is 6.39. The fourth-order valence-electron chi connectivity index (χ4n) is 0.995. The lowest BCUT2D eigenvalue weighted by Crippen LogP contribution is -2.28. The largest absolute Gasteiger partial charge is 0.449 e. The minimum atomic E-state index is -0.385. The molecule has 0 radical (unpaired) electrons. The number of hydrogen-bond donors (Lipinski definition) is 1. The number of halogens is 1. The third-order valence-corrected chi connectivity index (χ3v) is 3.88. The SMILES string of the molecule is CCCCOC(=O)NC1=NC(CI)CS1. The first-order valence-electron chi connectivity index (χ1n) is 4.96. The van der Waals surface area contributed by atoms with Gasteiger partial charge < -0.3 is 4.74 Å². The maximum atomic E-state index is 11.2. The summed E-state index contributed by atoms with van der Waals surface area (Å²) in [5.41, 5.74) is 0. The molecule has 1 aliphatic rings. The molecule has 1 N–H and O–H groups in total. The van der Waals surface area contributed by atoms with E-state index in [2.05, 4.69) is 39.8 Å². The normalized spacial score (nSPS) is 19.9. The lowest BCUT2D eigenvalue weighted by molar-refractivity contribution is 0.150. The number of amides is 1. The highest BCUT2D eigenvalue weighted by Crippen LogP contribution is 2.17. The van der Waals surface area contributed by atoms with Crippen molar-refractivity contribution in [3.63, 3.8) is 0 Å². The van der Waals surface area contributed by atoms with Crippen molar-refractivity contribution in [3.8, 4) is 0 Å². The Morgan fingerprint density at radius 3 is 3.20 bits per heavy atom. The van der Waals surface area contributed by atoms with Crippen LogP contribution in [0.2, 0.25) is 0 Å². The van der Waals surface area contributed by atoms with Crippen LogP contribution in [0.3, 0.4) is 0 Å². The molecule has 0 aromatic carbocycles. The highest BCUT2D eigenvalue weighted by atomic mass is 127. The number of nitrogens with one attached hydrogen (secondary N) is 1. The summed E-state index contributed by atoms with van der Waals surface area (Å²) in [6.07, 6.45) is 1.55. The minimum Gasteiger partial charge on any atom is -0.449 e. The van der Waals surface area contributed by atoms with Gasteiger partial charge in [0.2, 0.25) is 0 Å². The molecule has 0 aromatic rings. The number of alkyl carbamates (subject to hydrolysis) is 1. The smallest absolute Gasteiger partial charge is 0.413 e. The van der Waals surface area contributed by atoms with Crippen molar-refractivity contribution >= 4 is 45.6 Å². The quantitative estimate of drug-likeness (QED) is 0.485. The molecule has 15 heavy (non-hydrogen) atoms. The average molecular weight is 342 g/mol. The zero-order chi connectivity index (χ0) is 11.1. The summed E-state index contributed by atoms with van der Waals surface area (Å²) in [4.78, 5) is 15.6. The molecule has 1 aliphatic heterocycles. The zero-order valence-electron chi connectivity index (χ0n) is 8.66. The third-order valence-electron chi connectivity index (χ3n) is 1.83. The van der Waals surface area contributed by atoms with Gasteiger partial charge in [0.05, 0.1) is 12.6 Å². The van der Waals surface area contributed by atoms with Crippen LogP contribution in [0.4, 0.5) is 4.79 Å². The Hall–Kier alpha value is 0.0200. The molecule has 0 bridgehead atoms. The van der Waals surface area contributed by atoms with E-state index in [1.165, 1.54) is 0 Å². The van der Waals surface area contributed by atoms with Gasteiger partial charge in [-0.15, -0.1) is 0 Å². The first-order valence-corrected chi connectivity index (χ1v) is 7.47. The number of ether oxygens (including phenoxy) is 1. The molecule has 0 fully saturated rings. The van der Waals surface area contributed by atoms with Gasteiger partial charge in [0.25, 0.3) is 0 Å². The van der Waals surface area contributed by atoms with Crippen molar-refractivity contribution in [2.24, 2.45) is 4.99 Å². The van der Waals surface area contributed by atoms with Gasteiger partial charge in [-0.25, -0.2) is 4.79 Å². The second kappa shape index (κ2) is 7.32. The van der Waals surface area contributed by atoms with Crippen LogP contribution < -0.4 is 5.32 Å². The van der Waals surface area contributed by atoms with E-state index in [1.807, 2.05) is 0 Å². The molecule has 1 heterocycles. The molecule has 1 unspecified atom stereocenters. The number of alkyl halides is 1. The zero-order valence-corrected chi connectivity index (χ0v) is 11.6. The van der Waals surface area contributed by atoms with Gasteiger partial charge >= 0.3 is 6.09 Å². The van der Waals surface area contributed by atoms with Crippen LogP contribution >= 0.6 is 34.4 Å². The summed E-state index contributed by atoms with van der Waals surface area (Å²) in [6.45, 7) is 2.54. The van der Waals surface area contributed by atoms with Crippen molar-refractivity contribution in [2.45, 2.75) is 25.8 Å². The van der Waals surface area contributed by atoms with Crippen LogP contribution in [0.5, 0.6) is 0 Å². The van der Waals surface area contributed by atoms with Crippen LogP contribution in [0, 0.1) is 0 Å². The highest BCUT2D eigenvalue weighted by Gasteiger charge is 2.18. The maximum Gasteiger partial charge on any atom is 0.413 e. The molecule has 0 aliphatic carbocycles. The second-order valence-electron chi connectivity index (χ2n) is 3.17. The van der Waals surface area contributed by atoms with Crippen molar-refractivity contribution in [1.82, 2.24) is 5.32 Å². The molecule has 86 valence electrons. The van der Waals surface area contributed by atoms with Crippen LogP contribution in [-0.4, -0.2) is 34.1 Å². The third kappa shape index (κ3) is 5.05. The van der Waals surface area contributed by atoms with E-state index in [-0.39, 0.29) is 6.09 Å². The standard InChI is InChI=1S/C9H15IN2O2S/c1-2-3-4-14-9(13)12-8-11-7(5-10)6-15-8/h7H,2-6H2,1H3,(H,11,12,13). The monoisotopic (exact) mass is 342 g/mol. The van der Waals surface area contributed by atoms with E-state index in [1.54, 1.807) is 11.8 Å². The maximum absolute atomic E-state index is 11.2. The molecule has 0 saturated carbocycles. The summed E-state index contributed by atoms with van der Waals surface area (Å²) in [6, 6.07) is 0.335. The summed E-state index contributed by atoms with van der Waals surface area (Å²) in [5.74, 6) is 0.952. The average Bonchev–Trinajstić information content (AvgIpc) is 2.66. The van der Waals surface area contributed by atoms with E-state index in [4.69, 9.17) is 4.74 Å². The Labute approximate surface area is 108 Å². The number of hydrogen-bond acceptors (Lipinski definition) is 4. The molecule has 0 saturated heterocycles. The van der Waals surface area contributed by atoms with Gasteiger partial charge in [-0.05, 0) is 6.42 Å². The van der Waals surface area contributed by atoms with Crippen LogP contribution in [0.15, 0.2) is 4.99 Å². The van der Waals surface area contributed by atoms with E-state index in [0.717, 1.165) is 23.0 Å². The van der Waals surface area contributed by atoms with Gasteiger partial charge in [0, 0.05) is 10.2 Å². The number of carbonyl (C=O) groups is 1. The van der Waals surface area contributed by atoms with Crippen molar-refractivity contribution in [1.29, 1.82) is 0 Å². The Morgan fingerprint density at radius 2 is 2.60 bits per heavy atom. The number of rotatable bonds is 4. The van der Waals surface area contributed by atoms with Crippen molar-refractivity contribution < 1.29 is 9.53 Å². The van der Waals surface area contributed by atoms with Crippen LogP contribution in [0.25, 0.3) is 0 Å². The Morgan fingerprint density at radius 1 is 1.80 bits per heavy atom. The number of nitrogens with zero attached hydrogens (tertiary/aromatic N) is 1. The molecule has 0 aromatic heterocycles. The van der Waals surface area contributed by atoms with E-state index < -0.39 is 0 Å². The molecule has 1 atom stereocenters. The lowest BCUT2D eigenvalue weighted by atomic mass is 10.4. The van der Waals surface area contributed by atoms with E-state index in [9.17, 15) is 4.79 Å². The summed E-state index contributed by atoms with van der Waals surface area (Å²) in [7, 11) is 0. The van der Waals surface area contributed by atoms with Crippen molar-refractivity contribution in [3.05, 3.63) is 0 Å². The van der Waals surface area contributed by atoms with Crippen LogP contribution in [-0.2, 0) is 4.74 Å². The van der Waals surface area contributed by atoms with Crippen molar-refractivity contribution in [2.75, 3.05) is 16.8 Å². The first kappa shape index (κ1) is 13.1. The summed E-state index contributed by atoms with van der Waals surface area (Å²) in [5, 5.41) is 3.34. The molecular weight excluding hydrogens is 327 g/mol. The molecule has 6 heteroatoms. The minimum absolute atomic E-state index is 0.335. The number of carbonyl (C=O) groups excluding carboxylic acids is 1. The van der Waals surface area contributed by atoms with Crippen LogP contribution in [0.1, 0.15) is 19.8 Å². The highest BCUT2D eigenvalue weighted by molar-refractivity contribution is 14.1. The summed E-state index contributed by atoms with van der Waals surface area (Å²) >= 11 is 3.87. The molecule has 1 amide bonds. The van der Waals surface area contributed by atoms with Gasteiger partial charge in [0.1, 0.15) is 0 Å². The van der Waals surface area contributed by atoms with Gasteiger partial charge in [-0.3, -0.25) is 10.3 Å². The molecule has 4 nitrogen and oxygen atoms in total. The molecule has 1 rings (SSSR count). The number of thioether (sulfide) groups is 1. The number of aliphatic imine (C=N–C) groups is 1. The second-order valence-corrected chi connectivity index (χ2v) is 5.06. The van der Waals surface area contributed by atoms with Gasteiger partial charge in [0.15, 0.2) is 5.17 Å². The van der Waals surface area contributed by atoms with E-state index >= 15 is 0 Å². The van der Waals surface area contributed by atoms with Gasteiger partial charge in [-0.1, -0.05) is 47.7 Å². The lowest BCUT2D eigenvalue weighted by Gasteiger charge is -2.04.